The number of nitrogens with zero attached hydrogens (tertiary/aromatic N) is 3. The van der Waals surface area contributed by atoms with Crippen LogP contribution in [-0.4, -0.2) is 27.0 Å². The summed E-state index contributed by atoms with van der Waals surface area (Å²) >= 11 is 5.81. The van der Waals surface area contributed by atoms with Gasteiger partial charge in [-0.3, -0.25) is 13.9 Å². The SMILES string of the molecule is N#Cc1c2n(c(=O)n(C[C@H](O)COCc3ccc(Cl)cc3)c1=O)CCC2. The second-order valence-corrected chi connectivity index (χ2v) is 6.62. The van der Waals surface area contributed by atoms with Gasteiger partial charge in [0.1, 0.15) is 11.6 Å². The molecule has 0 spiro atoms. The molecular weight excluding hydrogens is 358 g/mol. The highest BCUT2D eigenvalue weighted by atomic mass is 35.5. The lowest BCUT2D eigenvalue weighted by Gasteiger charge is -2.15. The molecule has 136 valence electrons. The molecule has 0 bridgehead atoms. The average Bonchev–Trinajstić information content (AvgIpc) is 3.10. The van der Waals surface area contributed by atoms with E-state index in [4.69, 9.17) is 16.3 Å². The predicted octanol–water partition coefficient (Wildman–Crippen LogP) is 1.06. The van der Waals surface area contributed by atoms with Crippen LogP contribution in [0.5, 0.6) is 0 Å². The number of rotatable bonds is 6. The third-order valence-corrected chi connectivity index (χ3v) is 4.58. The van der Waals surface area contributed by atoms with Gasteiger partial charge in [-0.1, -0.05) is 23.7 Å². The molecular formula is C18H18ClN3O4. The minimum atomic E-state index is -1.04. The molecule has 26 heavy (non-hydrogen) atoms. The van der Waals surface area contributed by atoms with Gasteiger partial charge in [0, 0.05) is 17.3 Å². The van der Waals surface area contributed by atoms with Crippen molar-refractivity contribution in [2.75, 3.05) is 6.61 Å². The van der Waals surface area contributed by atoms with Crippen LogP contribution in [0.15, 0.2) is 33.9 Å². The van der Waals surface area contributed by atoms with Crippen molar-refractivity contribution in [3.63, 3.8) is 0 Å². The Balaban J connectivity index is 1.69. The van der Waals surface area contributed by atoms with Crippen LogP contribution in [0.25, 0.3) is 0 Å². The molecule has 0 saturated heterocycles. The second kappa shape index (κ2) is 7.87. The normalized spacial score (nSPS) is 14.0. The zero-order valence-electron chi connectivity index (χ0n) is 14.0. The fourth-order valence-electron chi connectivity index (χ4n) is 3.07. The van der Waals surface area contributed by atoms with Crippen molar-refractivity contribution in [3.05, 3.63) is 66.9 Å². The van der Waals surface area contributed by atoms with Crippen molar-refractivity contribution in [2.45, 2.75) is 38.6 Å². The lowest BCUT2D eigenvalue weighted by molar-refractivity contribution is 0.0191. The summed E-state index contributed by atoms with van der Waals surface area (Å²) in [4.78, 5) is 24.9. The summed E-state index contributed by atoms with van der Waals surface area (Å²) in [7, 11) is 0. The van der Waals surface area contributed by atoms with Gasteiger partial charge in [0.2, 0.25) is 0 Å². The first-order valence-corrected chi connectivity index (χ1v) is 8.66. The van der Waals surface area contributed by atoms with E-state index < -0.39 is 17.4 Å². The van der Waals surface area contributed by atoms with Crippen molar-refractivity contribution in [2.24, 2.45) is 0 Å². The van der Waals surface area contributed by atoms with Crippen LogP contribution in [-0.2, 0) is 30.9 Å². The minimum absolute atomic E-state index is 0.0172. The first-order valence-electron chi connectivity index (χ1n) is 8.28. The standard InChI is InChI=1S/C18H18ClN3O4/c19-13-5-3-12(4-6-13)10-26-11-14(23)9-22-17(24)15(8-20)16-2-1-7-21(16)18(22)25/h3-6,14,23H,1-2,7,9-11H2/t14-/m0/s1. The van der Waals surface area contributed by atoms with E-state index in [9.17, 15) is 20.0 Å². The van der Waals surface area contributed by atoms with Gasteiger partial charge in [0.25, 0.3) is 5.56 Å². The fourth-order valence-corrected chi connectivity index (χ4v) is 3.19. The quantitative estimate of drug-likeness (QED) is 0.814. The van der Waals surface area contributed by atoms with Crippen LogP contribution in [0, 0.1) is 11.3 Å². The van der Waals surface area contributed by atoms with E-state index in [2.05, 4.69) is 0 Å². The van der Waals surface area contributed by atoms with E-state index in [0.29, 0.717) is 23.7 Å². The van der Waals surface area contributed by atoms with Crippen LogP contribution < -0.4 is 11.2 Å². The molecule has 2 aromatic rings. The topological polar surface area (TPSA) is 97.2 Å². The number of hydrogen-bond acceptors (Lipinski definition) is 5. The fraction of sp³-hybridized carbons (Fsp3) is 0.389. The van der Waals surface area contributed by atoms with Crippen molar-refractivity contribution in [1.29, 1.82) is 5.26 Å². The van der Waals surface area contributed by atoms with Gasteiger partial charge in [0.05, 0.1) is 25.9 Å². The minimum Gasteiger partial charge on any atom is -0.389 e. The van der Waals surface area contributed by atoms with Crippen LogP contribution in [0.3, 0.4) is 0 Å². The van der Waals surface area contributed by atoms with E-state index in [0.717, 1.165) is 16.6 Å². The molecule has 1 aromatic heterocycles. The Morgan fingerprint density at radius 1 is 1.31 bits per heavy atom. The predicted molar refractivity (Wildman–Crippen MR) is 95.1 cm³/mol. The molecule has 2 heterocycles. The molecule has 0 amide bonds. The largest absolute Gasteiger partial charge is 0.389 e. The first-order chi connectivity index (χ1) is 12.5. The van der Waals surface area contributed by atoms with Crippen LogP contribution >= 0.6 is 11.6 Å². The van der Waals surface area contributed by atoms with Gasteiger partial charge in [-0.15, -0.1) is 0 Å². The van der Waals surface area contributed by atoms with E-state index >= 15 is 0 Å². The van der Waals surface area contributed by atoms with Gasteiger partial charge in [-0.25, -0.2) is 4.79 Å². The summed E-state index contributed by atoms with van der Waals surface area (Å²) in [6.07, 6.45) is 0.223. The number of benzene rings is 1. The Hall–Kier alpha value is -2.40. The van der Waals surface area contributed by atoms with E-state index in [-0.39, 0.29) is 25.3 Å². The Morgan fingerprint density at radius 3 is 2.73 bits per heavy atom. The Bertz CT molecular complexity index is 957. The van der Waals surface area contributed by atoms with Crippen molar-refractivity contribution >= 4 is 11.6 Å². The molecule has 0 saturated carbocycles. The number of fused-ring (bicyclic) bond motifs is 1. The van der Waals surface area contributed by atoms with E-state index in [1.54, 1.807) is 12.1 Å². The van der Waals surface area contributed by atoms with Gasteiger partial charge < -0.3 is 9.84 Å². The number of aliphatic hydroxyl groups is 1. The highest BCUT2D eigenvalue weighted by molar-refractivity contribution is 6.30. The number of hydrogen-bond donors (Lipinski definition) is 1. The zero-order chi connectivity index (χ0) is 18.7. The van der Waals surface area contributed by atoms with Crippen LogP contribution in [0.1, 0.15) is 23.2 Å². The Morgan fingerprint density at radius 2 is 2.04 bits per heavy atom. The highest BCUT2D eigenvalue weighted by Crippen LogP contribution is 2.13. The Labute approximate surface area is 154 Å². The number of ether oxygens (including phenoxy) is 1. The maximum Gasteiger partial charge on any atom is 0.331 e. The summed E-state index contributed by atoms with van der Waals surface area (Å²) in [5.41, 5.74) is 0.229. The van der Waals surface area contributed by atoms with Crippen LogP contribution in [0.2, 0.25) is 5.02 Å². The molecule has 1 N–H and O–H groups in total. The molecule has 1 aliphatic rings. The molecule has 3 rings (SSSR count). The third kappa shape index (κ3) is 3.73. The zero-order valence-corrected chi connectivity index (χ0v) is 14.8. The molecule has 7 nitrogen and oxygen atoms in total. The summed E-state index contributed by atoms with van der Waals surface area (Å²) < 4.78 is 7.81. The monoisotopic (exact) mass is 375 g/mol. The summed E-state index contributed by atoms with van der Waals surface area (Å²) in [6, 6.07) is 8.99. The van der Waals surface area contributed by atoms with Crippen molar-refractivity contribution < 1.29 is 9.84 Å². The van der Waals surface area contributed by atoms with Gasteiger partial charge in [-0.2, -0.15) is 5.26 Å². The second-order valence-electron chi connectivity index (χ2n) is 6.18. The molecule has 1 atom stereocenters. The summed E-state index contributed by atoms with van der Waals surface area (Å²) in [6.45, 7) is 0.493. The first kappa shape index (κ1) is 18.4. The Kier molecular flexibility index (Phi) is 5.57. The van der Waals surface area contributed by atoms with Crippen molar-refractivity contribution in [3.8, 4) is 6.07 Å². The number of nitriles is 1. The lowest BCUT2D eigenvalue weighted by atomic mass is 10.2. The lowest BCUT2D eigenvalue weighted by Crippen LogP contribution is -2.44. The van der Waals surface area contributed by atoms with Gasteiger partial charge in [-0.05, 0) is 30.5 Å². The maximum atomic E-state index is 12.5. The molecule has 0 unspecified atom stereocenters. The highest BCUT2D eigenvalue weighted by Gasteiger charge is 2.23. The smallest absolute Gasteiger partial charge is 0.331 e. The number of aliphatic hydroxyl groups excluding tert-OH is 1. The molecule has 8 heteroatoms. The summed E-state index contributed by atoms with van der Waals surface area (Å²) in [5.74, 6) is 0. The van der Waals surface area contributed by atoms with Crippen LogP contribution in [0.4, 0.5) is 0 Å². The number of aromatic nitrogens is 2. The van der Waals surface area contributed by atoms with Gasteiger partial charge in [0.15, 0.2) is 0 Å². The van der Waals surface area contributed by atoms with E-state index in [1.807, 2.05) is 18.2 Å². The van der Waals surface area contributed by atoms with Gasteiger partial charge >= 0.3 is 5.69 Å². The van der Waals surface area contributed by atoms with Crippen molar-refractivity contribution in [1.82, 2.24) is 9.13 Å². The molecule has 0 radical (unpaired) electrons. The third-order valence-electron chi connectivity index (χ3n) is 4.33. The average molecular weight is 376 g/mol. The molecule has 0 fully saturated rings. The maximum absolute atomic E-state index is 12.5. The molecule has 1 aromatic carbocycles. The summed E-state index contributed by atoms with van der Waals surface area (Å²) in [5, 5.41) is 20.0. The number of halogens is 1. The molecule has 1 aliphatic heterocycles. The molecule has 0 aliphatic carbocycles. The van der Waals surface area contributed by atoms with E-state index in [1.165, 1.54) is 4.57 Å².